The van der Waals surface area contributed by atoms with Crippen molar-refractivity contribution in [3.05, 3.63) is 35.6 Å². The zero-order valence-corrected chi connectivity index (χ0v) is 13.2. The molecule has 0 unspecified atom stereocenters. The molecule has 134 valence electrons. The third-order valence-electron chi connectivity index (χ3n) is 3.24. The molecule has 1 amide bonds. The van der Waals surface area contributed by atoms with Gasteiger partial charge in [0.15, 0.2) is 0 Å². The molecule has 24 heavy (non-hydrogen) atoms. The van der Waals surface area contributed by atoms with Crippen LogP contribution < -0.4 is 10.6 Å². The van der Waals surface area contributed by atoms with Crippen molar-refractivity contribution in [1.82, 2.24) is 5.32 Å². The van der Waals surface area contributed by atoms with Crippen LogP contribution in [0.15, 0.2) is 24.3 Å². The zero-order chi connectivity index (χ0) is 18.4. The summed E-state index contributed by atoms with van der Waals surface area (Å²) in [7, 11) is 0. The maximum absolute atomic E-state index is 13.5. The van der Waals surface area contributed by atoms with E-state index >= 15 is 0 Å². The Morgan fingerprint density at radius 1 is 1.25 bits per heavy atom. The van der Waals surface area contributed by atoms with Gasteiger partial charge in [0.25, 0.3) is 0 Å². The Morgan fingerprint density at radius 3 is 2.38 bits per heavy atom. The zero-order valence-electron chi connectivity index (χ0n) is 13.2. The fourth-order valence-electron chi connectivity index (χ4n) is 2.16. The number of carbonyl (C=O) groups excluding carboxylic acids is 2. The summed E-state index contributed by atoms with van der Waals surface area (Å²) in [5, 5.41) is 2.24. The Hall–Kier alpha value is -2.16. The standard InChI is InChI=1S/C15H18F4N2O3/c1-3-24-13(23)14(15(17,18)19,21-10(2)22)20-9-8-11-6-4-5-7-12(11)16/h4-7,20H,3,8-9H2,1-2H3,(H,21,22)/p+1/t14-/m1/s1. The quantitative estimate of drug-likeness (QED) is 0.435. The number of alkyl halides is 3. The molecule has 0 saturated heterocycles. The summed E-state index contributed by atoms with van der Waals surface area (Å²) in [5.41, 5.74) is -3.06. The number of rotatable bonds is 7. The molecule has 0 fully saturated rings. The molecule has 1 rings (SSSR count). The van der Waals surface area contributed by atoms with Crippen molar-refractivity contribution in [1.29, 1.82) is 0 Å². The monoisotopic (exact) mass is 351 g/mol. The largest absolute Gasteiger partial charge is 0.478 e. The molecule has 0 aliphatic heterocycles. The molecular formula is C15H19F4N2O3+. The second-order valence-electron chi connectivity index (χ2n) is 5.04. The van der Waals surface area contributed by atoms with E-state index in [2.05, 4.69) is 4.74 Å². The van der Waals surface area contributed by atoms with E-state index in [0.29, 0.717) is 5.32 Å². The van der Waals surface area contributed by atoms with Gasteiger partial charge < -0.3 is 10.1 Å². The summed E-state index contributed by atoms with van der Waals surface area (Å²) < 4.78 is 58.5. The van der Waals surface area contributed by atoms with Gasteiger partial charge in [-0.05, 0) is 18.6 Å². The molecule has 0 aliphatic rings. The Morgan fingerprint density at radius 2 is 1.88 bits per heavy atom. The number of hydrogen-bond donors (Lipinski definition) is 2. The van der Waals surface area contributed by atoms with Gasteiger partial charge in [0, 0.05) is 13.3 Å². The Kier molecular flexibility index (Phi) is 6.70. The minimum Gasteiger partial charge on any atom is -0.460 e. The van der Waals surface area contributed by atoms with Gasteiger partial charge in [0.05, 0.1) is 13.2 Å². The van der Waals surface area contributed by atoms with E-state index in [0.717, 1.165) is 6.92 Å². The summed E-state index contributed by atoms with van der Waals surface area (Å²) >= 11 is 0. The van der Waals surface area contributed by atoms with Gasteiger partial charge in [0.1, 0.15) is 5.82 Å². The first-order valence-electron chi connectivity index (χ1n) is 7.24. The van der Waals surface area contributed by atoms with Crippen LogP contribution in [0.25, 0.3) is 0 Å². The van der Waals surface area contributed by atoms with Crippen molar-refractivity contribution in [3.8, 4) is 0 Å². The van der Waals surface area contributed by atoms with Gasteiger partial charge in [0.2, 0.25) is 5.91 Å². The van der Waals surface area contributed by atoms with Gasteiger partial charge in [-0.15, -0.1) is 0 Å². The SMILES string of the molecule is CCOC(=O)[C@](NC(C)=O)([NH2+]CCc1ccccc1F)C(F)(F)F. The van der Waals surface area contributed by atoms with Gasteiger partial charge >= 0.3 is 17.8 Å². The Balaban J connectivity index is 3.01. The number of nitrogens with one attached hydrogen (secondary N) is 1. The number of hydrogen-bond acceptors (Lipinski definition) is 3. The lowest BCUT2D eigenvalue weighted by molar-refractivity contribution is -0.743. The maximum atomic E-state index is 13.5. The molecule has 1 aromatic carbocycles. The summed E-state index contributed by atoms with van der Waals surface area (Å²) in [6.07, 6.45) is -5.16. The first kappa shape index (κ1) is 19.9. The minimum absolute atomic E-state index is 0.0660. The van der Waals surface area contributed by atoms with Crippen LogP contribution in [0.1, 0.15) is 19.4 Å². The molecule has 1 atom stereocenters. The number of halogens is 4. The molecule has 0 aliphatic carbocycles. The van der Waals surface area contributed by atoms with E-state index in [1.54, 1.807) is 11.4 Å². The third kappa shape index (κ3) is 4.67. The van der Waals surface area contributed by atoms with Gasteiger partial charge in [-0.3, -0.25) is 10.1 Å². The number of quaternary nitrogens is 1. The lowest BCUT2D eigenvalue weighted by Gasteiger charge is -2.31. The molecule has 0 spiro atoms. The third-order valence-corrected chi connectivity index (χ3v) is 3.24. The smallest absolute Gasteiger partial charge is 0.460 e. The molecule has 5 nitrogen and oxygen atoms in total. The molecule has 0 aromatic heterocycles. The van der Waals surface area contributed by atoms with Gasteiger partial charge in [-0.1, -0.05) is 18.2 Å². The predicted molar refractivity (Wildman–Crippen MR) is 76.1 cm³/mol. The van der Waals surface area contributed by atoms with Crippen LogP contribution in [0, 0.1) is 5.82 Å². The molecule has 0 bridgehead atoms. The van der Waals surface area contributed by atoms with Crippen molar-refractivity contribution < 1.29 is 37.2 Å². The average Bonchev–Trinajstić information content (AvgIpc) is 2.46. The van der Waals surface area contributed by atoms with E-state index in [1.165, 1.54) is 25.1 Å². The fraction of sp³-hybridized carbons (Fsp3) is 0.467. The highest BCUT2D eigenvalue weighted by Crippen LogP contribution is 2.26. The highest BCUT2D eigenvalue weighted by atomic mass is 19.4. The number of ether oxygens (including phenoxy) is 1. The van der Waals surface area contributed by atoms with Crippen molar-refractivity contribution in [2.75, 3.05) is 13.2 Å². The first-order valence-corrected chi connectivity index (χ1v) is 7.24. The van der Waals surface area contributed by atoms with Crippen LogP contribution in [0.4, 0.5) is 17.6 Å². The number of esters is 1. The molecule has 0 saturated carbocycles. The highest BCUT2D eigenvalue weighted by Gasteiger charge is 2.67. The van der Waals surface area contributed by atoms with Crippen LogP contribution in [-0.2, 0) is 20.7 Å². The van der Waals surface area contributed by atoms with Crippen LogP contribution in [-0.4, -0.2) is 36.9 Å². The molecule has 0 heterocycles. The normalized spacial score (nSPS) is 13.9. The summed E-state index contributed by atoms with van der Waals surface area (Å²) in [4.78, 5) is 23.1. The van der Waals surface area contributed by atoms with Crippen LogP contribution in [0.2, 0.25) is 0 Å². The highest BCUT2D eigenvalue weighted by molar-refractivity contribution is 5.86. The molecular weight excluding hydrogens is 332 g/mol. The van der Waals surface area contributed by atoms with E-state index in [9.17, 15) is 27.2 Å². The van der Waals surface area contributed by atoms with Crippen molar-refractivity contribution in [2.24, 2.45) is 0 Å². The van der Waals surface area contributed by atoms with Crippen LogP contribution in [0.5, 0.6) is 0 Å². The lowest BCUT2D eigenvalue weighted by Crippen LogP contribution is -3.07. The lowest BCUT2D eigenvalue weighted by atomic mass is 10.1. The number of nitrogens with two attached hydrogens (primary N) is 1. The van der Waals surface area contributed by atoms with Crippen LogP contribution in [0.3, 0.4) is 0 Å². The van der Waals surface area contributed by atoms with E-state index < -0.39 is 29.5 Å². The number of amides is 1. The summed E-state index contributed by atoms with van der Waals surface area (Å²) in [6, 6.07) is 5.62. The Bertz CT molecular complexity index is 592. The first-order chi connectivity index (χ1) is 11.1. The molecule has 0 radical (unpaired) electrons. The molecule has 3 N–H and O–H groups in total. The topological polar surface area (TPSA) is 72.0 Å². The van der Waals surface area contributed by atoms with E-state index in [-0.39, 0.29) is 25.1 Å². The van der Waals surface area contributed by atoms with Crippen molar-refractivity contribution in [3.63, 3.8) is 0 Å². The van der Waals surface area contributed by atoms with E-state index in [1.807, 2.05) is 0 Å². The second kappa shape index (κ2) is 8.09. The fourth-order valence-corrected chi connectivity index (χ4v) is 2.16. The Labute approximate surface area is 136 Å². The maximum Gasteiger partial charge on any atom is 0.478 e. The number of benzene rings is 1. The van der Waals surface area contributed by atoms with Gasteiger partial charge in [-0.25, -0.2) is 9.18 Å². The molecule has 1 aromatic rings. The van der Waals surface area contributed by atoms with E-state index in [4.69, 9.17) is 0 Å². The second-order valence-corrected chi connectivity index (χ2v) is 5.04. The average molecular weight is 351 g/mol. The van der Waals surface area contributed by atoms with Crippen LogP contribution >= 0.6 is 0 Å². The summed E-state index contributed by atoms with van der Waals surface area (Å²) in [5.74, 6) is -3.22. The number of carbonyl (C=O) groups is 2. The minimum atomic E-state index is -5.10. The summed E-state index contributed by atoms with van der Waals surface area (Å²) in [6.45, 7) is 1.65. The van der Waals surface area contributed by atoms with Crippen molar-refractivity contribution in [2.45, 2.75) is 32.1 Å². The van der Waals surface area contributed by atoms with Gasteiger partial charge in [-0.2, -0.15) is 13.2 Å². The molecule has 9 heteroatoms. The predicted octanol–water partition coefficient (Wildman–Crippen LogP) is 0.889. The van der Waals surface area contributed by atoms with Crippen molar-refractivity contribution >= 4 is 11.9 Å².